The Balaban J connectivity index is 1.57. The van der Waals surface area contributed by atoms with E-state index in [9.17, 15) is 21.6 Å². The maximum absolute atomic E-state index is 15.3. The zero-order valence-electron chi connectivity index (χ0n) is 17.8. The highest BCUT2D eigenvalue weighted by molar-refractivity contribution is 7.89. The van der Waals surface area contributed by atoms with Crippen LogP contribution in [-0.4, -0.2) is 71.2 Å². The van der Waals surface area contributed by atoms with Crippen molar-refractivity contribution in [1.29, 1.82) is 0 Å². The van der Waals surface area contributed by atoms with Gasteiger partial charge in [-0.3, -0.25) is 4.90 Å². The van der Waals surface area contributed by atoms with Crippen molar-refractivity contribution < 1.29 is 30.7 Å². The van der Waals surface area contributed by atoms with Gasteiger partial charge in [-0.05, 0) is 31.9 Å². The number of hydrogen-bond acceptors (Lipinski definition) is 8. The number of rotatable bonds is 9. The molecule has 0 amide bonds. The molecule has 2 aliphatic rings. The molecule has 3 aromatic rings. The first-order chi connectivity index (χ1) is 16.1. The fourth-order valence-electron chi connectivity index (χ4n) is 3.65. The standard InChI is InChI=1S/C19H20F4N6O3S2/c1-19(2-3-19)27-34(30,31)11-6-12(21)14-13(7-11)29(18-25-24-17(33-18)15(22)23)26-16(14)32-10-8-28(9-10)5-4-20/h6-7,10,15,27H,2-5,8-9H2,1H3. The van der Waals surface area contributed by atoms with Crippen molar-refractivity contribution in [1.82, 2.24) is 29.6 Å². The first kappa shape index (κ1) is 23.4. The second-order valence-corrected chi connectivity index (χ2v) is 11.3. The van der Waals surface area contributed by atoms with Gasteiger partial charge in [-0.15, -0.1) is 15.3 Å². The summed E-state index contributed by atoms with van der Waals surface area (Å²) in [5.74, 6) is -1.05. The van der Waals surface area contributed by atoms with Crippen molar-refractivity contribution in [2.24, 2.45) is 0 Å². The second-order valence-electron chi connectivity index (χ2n) is 8.59. The monoisotopic (exact) mass is 520 g/mol. The number of halogens is 4. The van der Waals surface area contributed by atoms with Gasteiger partial charge in [0, 0.05) is 25.2 Å². The molecule has 3 heterocycles. The van der Waals surface area contributed by atoms with Crippen LogP contribution < -0.4 is 9.46 Å². The van der Waals surface area contributed by atoms with Crippen LogP contribution in [-0.2, 0) is 10.0 Å². The van der Waals surface area contributed by atoms with Gasteiger partial charge in [0.2, 0.25) is 21.0 Å². The van der Waals surface area contributed by atoms with Crippen LogP contribution in [0.3, 0.4) is 0 Å². The largest absolute Gasteiger partial charge is 0.470 e. The molecule has 34 heavy (non-hydrogen) atoms. The molecule has 1 N–H and O–H groups in total. The Labute approximate surface area is 195 Å². The lowest BCUT2D eigenvalue weighted by molar-refractivity contribution is 0.0147. The summed E-state index contributed by atoms with van der Waals surface area (Å²) in [5, 5.41) is 10.6. The topological polar surface area (TPSA) is 102 Å². The third-order valence-corrected chi connectivity index (χ3v) is 8.29. The highest BCUT2D eigenvalue weighted by atomic mass is 32.2. The summed E-state index contributed by atoms with van der Waals surface area (Å²) in [4.78, 5) is 1.46. The van der Waals surface area contributed by atoms with Crippen molar-refractivity contribution in [2.45, 2.75) is 42.7 Å². The van der Waals surface area contributed by atoms with Crippen molar-refractivity contribution >= 4 is 32.3 Å². The van der Waals surface area contributed by atoms with Crippen molar-refractivity contribution in [3.63, 3.8) is 0 Å². The molecule has 0 radical (unpaired) electrons. The minimum Gasteiger partial charge on any atom is -0.470 e. The molecule has 184 valence electrons. The number of benzene rings is 1. The van der Waals surface area contributed by atoms with E-state index >= 15 is 4.39 Å². The van der Waals surface area contributed by atoms with E-state index in [2.05, 4.69) is 20.0 Å². The lowest BCUT2D eigenvalue weighted by Gasteiger charge is -2.37. The van der Waals surface area contributed by atoms with Crippen LogP contribution in [0.5, 0.6) is 5.88 Å². The molecule has 2 fully saturated rings. The molecule has 0 spiro atoms. The van der Waals surface area contributed by atoms with Gasteiger partial charge in [0.1, 0.15) is 18.6 Å². The summed E-state index contributed by atoms with van der Waals surface area (Å²) >= 11 is 0.542. The normalized spacial score (nSPS) is 18.5. The van der Waals surface area contributed by atoms with Crippen LogP contribution in [0.1, 0.15) is 31.2 Å². The number of sulfonamides is 1. The van der Waals surface area contributed by atoms with Crippen molar-refractivity contribution in [3.8, 4) is 11.0 Å². The number of aromatic nitrogens is 4. The van der Waals surface area contributed by atoms with Crippen LogP contribution in [0.15, 0.2) is 17.0 Å². The van der Waals surface area contributed by atoms with Gasteiger partial charge in [0.05, 0.1) is 15.8 Å². The maximum Gasteiger partial charge on any atom is 0.291 e. The second kappa shape index (κ2) is 8.39. The number of nitrogens with zero attached hydrogens (tertiary/aromatic N) is 5. The predicted molar refractivity (Wildman–Crippen MR) is 114 cm³/mol. The highest BCUT2D eigenvalue weighted by Gasteiger charge is 2.41. The molecule has 0 atom stereocenters. The van der Waals surface area contributed by atoms with Gasteiger partial charge in [0.15, 0.2) is 5.01 Å². The SMILES string of the molecule is CC1(NS(=O)(=O)c2cc(F)c3c(OC4CN(CCF)C4)nn(-c4nnc(C(F)F)s4)c3c2)CC1. The molecule has 1 saturated heterocycles. The molecule has 2 aromatic heterocycles. The third-order valence-electron chi connectivity index (χ3n) is 5.77. The van der Waals surface area contributed by atoms with E-state index in [4.69, 9.17) is 4.74 Å². The van der Waals surface area contributed by atoms with Crippen LogP contribution in [0.25, 0.3) is 16.0 Å². The van der Waals surface area contributed by atoms with Crippen LogP contribution >= 0.6 is 11.3 Å². The number of ether oxygens (including phenoxy) is 1. The van der Waals surface area contributed by atoms with Crippen molar-refractivity contribution in [2.75, 3.05) is 26.3 Å². The fourth-order valence-corrected chi connectivity index (χ4v) is 5.82. The number of hydrogen-bond donors (Lipinski definition) is 1. The Morgan fingerprint density at radius 3 is 2.65 bits per heavy atom. The molecule has 5 rings (SSSR count). The van der Waals surface area contributed by atoms with Gasteiger partial charge in [-0.2, -0.15) is 0 Å². The van der Waals surface area contributed by atoms with E-state index in [1.54, 1.807) is 11.8 Å². The lowest BCUT2D eigenvalue weighted by atomic mass is 10.1. The van der Waals surface area contributed by atoms with Crippen LogP contribution in [0.2, 0.25) is 0 Å². The molecule has 1 aliphatic heterocycles. The predicted octanol–water partition coefficient (Wildman–Crippen LogP) is 2.82. The van der Waals surface area contributed by atoms with E-state index in [0.29, 0.717) is 37.3 Å². The van der Waals surface area contributed by atoms with Gasteiger partial charge >= 0.3 is 0 Å². The average molecular weight is 521 g/mol. The molecular formula is C19H20F4N6O3S2. The van der Waals surface area contributed by atoms with Gasteiger partial charge in [0.25, 0.3) is 6.43 Å². The Bertz CT molecular complexity index is 1340. The molecular weight excluding hydrogens is 500 g/mol. The fraction of sp³-hybridized carbons (Fsp3) is 0.526. The Hall–Kier alpha value is -2.36. The number of alkyl halides is 3. The Morgan fingerprint density at radius 2 is 2.03 bits per heavy atom. The quantitative estimate of drug-likeness (QED) is 0.433. The molecule has 0 bridgehead atoms. The minimum absolute atomic E-state index is 0.0202. The van der Waals surface area contributed by atoms with E-state index in [1.165, 1.54) is 6.07 Å². The molecule has 15 heteroatoms. The zero-order chi connectivity index (χ0) is 24.3. The Morgan fingerprint density at radius 1 is 1.29 bits per heavy atom. The van der Waals surface area contributed by atoms with Crippen LogP contribution in [0.4, 0.5) is 17.6 Å². The zero-order valence-corrected chi connectivity index (χ0v) is 19.5. The molecule has 9 nitrogen and oxygen atoms in total. The maximum atomic E-state index is 15.3. The summed E-state index contributed by atoms with van der Waals surface area (Å²) in [7, 11) is -4.06. The summed E-state index contributed by atoms with van der Waals surface area (Å²) in [5.41, 5.74) is -0.604. The Kier molecular flexibility index (Phi) is 5.77. The van der Waals surface area contributed by atoms with Gasteiger partial charge in [-0.1, -0.05) is 11.3 Å². The summed E-state index contributed by atoms with van der Waals surface area (Å²) in [6.07, 6.45) is -1.93. The number of fused-ring (bicyclic) bond motifs is 1. The van der Waals surface area contributed by atoms with E-state index in [1.807, 2.05) is 0 Å². The van der Waals surface area contributed by atoms with Crippen molar-refractivity contribution in [3.05, 3.63) is 23.0 Å². The summed E-state index contributed by atoms with van der Waals surface area (Å²) in [6, 6.07) is 2.07. The summed E-state index contributed by atoms with van der Waals surface area (Å²) in [6.45, 7) is 2.30. The van der Waals surface area contributed by atoms with E-state index < -0.39 is 39.5 Å². The van der Waals surface area contributed by atoms with Gasteiger partial charge in [-0.25, -0.2) is 35.4 Å². The first-order valence-electron chi connectivity index (χ1n) is 10.4. The lowest BCUT2D eigenvalue weighted by Crippen LogP contribution is -2.54. The van der Waals surface area contributed by atoms with Crippen LogP contribution in [0, 0.1) is 5.82 Å². The highest BCUT2D eigenvalue weighted by Crippen LogP contribution is 2.38. The van der Waals surface area contributed by atoms with E-state index in [-0.39, 0.29) is 39.5 Å². The van der Waals surface area contributed by atoms with E-state index in [0.717, 1.165) is 10.7 Å². The third kappa shape index (κ3) is 4.36. The molecule has 1 saturated carbocycles. The summed E-state index contributed by atoms with van der Waals surface area (Å²) < 4.78 is 89.0. The average Bonchev–Trinajstić information content (AvgIpc) is 3.14. The number of nitrogens with one attached hydrogen (secondary N) is 1. The minimum atomic E-state index is -4.06. The first-order valence-corrected chi connectivity index (χ1v) is 12.7. The van der Waals surface area contributed by atoms with Gasteiger partial charge < -0.3 is 4.74 Å². The molecule has 0 unspecified atom stereocenters. The molecule has 1 aliphatic carbocycles. The smallest absolute Gasteiger partial charge is 0.291 e. The number of likely N-dealkylation sites (tertiary alicyclic amines) is 1. The molecule has 1 aromatic carbocycles.